The number of aromatic nitrogens is 2. The van der Waals surface area contributed by atoms with Gasteiger partial charge in [-0.2, -0.15) is 4.98 Å². The molecule has 1 heterocycles. The molecule has 2 aromatic carbocycles. The summed E-state index contributed by atoms with van der Waals surface area (Å²) in [4.78, 5) is 20.9. The van der Waals surface area contributed by atoms with E-state index in [1.54, 1.807) is 68.6 Å². The molecule has 0 spiro atoms. The Balaban J connectivity index is 1.90. The zero-order valence-corrected chi connectivity index (χ0v) is 23.0. The Morgan fingerprint density at radius 3 is 2.45 bits per heavy atom. The molecular formula is C24H30N6O6S2. The second kappa shape index (κ2) is 12.2. The number of nitrogens with zero attached hydrogens (tertiary/aromatic N) is 3. The zero-order chi connectivity index (χ0) is 27.9. The van der Waals surface area contributed by atoms with Crippen molar-refractivity contribution in [1.29, 1.82) is 0 Å². The lowest BCUT2D eigenvalue weighted by Crippen LogP contribution is -2.21. The molecule has 1 unspecified atom stereocenters. The van der Waals surface area contributed by atoms with E-state index in [1.165, 1.54) is 6.26 Å². The normalized spacial score (nSPS) is 13.6. The van der Waals surface area contributed by atoms with E-state index in [4.69, 9.17) is 4.74 Å². The van der Waals surface area contributed by atoms with Crippen molar-refractivity contribution in [2.75, 3.05) is 41.1 Å². The topological polar surface area (TPSA) is 172 Å². The molecule has 0 saturated carbocycles. The summed E-state index contributed by atoms with van der Waals surface area (Å²) >= 11 is 0. The van der Waals surface area contributed by atoms with Crippen molar-refractivity contribution in [3.8, 4) is 11.1 Å². The molecule has 1 aromatic heterocycles. The SMILES string of the molecule is CCOC(=O)N=S(C)(=O)c1ccc(Nc2ncc(-c3cccc(NS(C)(=O)=O)c3)c(N[C@H](C)CO)n2)cc1. The molecule has 0 fully saturated rings. The average molecular weight is 563 g/mol. The number of anilines is 4. The van der Waals surface area contributed by atoms with Gasteiger partial charge in [0.25, 0.3) is 0 Å². The van der Waals surface area contributed by atoms with Crippen LogP contribution in [-0.4, -0.2) is 65.6 Å². The van der Waals surface area contributed by atoms with Crippen LogP contribution in [0.3, 0.4) is 0 Å². The van der Waals surface area contributed by atoms with Crippen molar-refractivity contribution in [2.45, 2.75) is 24.8 Å². The van der Waals surface area contributed by atoms with Crippen LogP contribution in [0.25, 0.3) is 11.1 Å². The van der Waals surface area contributed by atoms with Crippen LogP contribution < -0.4 is 15.4 Å². The maximum absolute atomic E-state index is 12.8. The Labute approximate surface area is 222 Å². The number of amides is 1. The number of carbonyl (C=O) groups excluding carboxylic acids is 1. The van der Waals surface area contributed by atoms with Crippen molar-refractivity contribution in [1.82, 2.24) is 9.97 Å². The third kappa shape index (κ3) is 8.13. The van der Waals surface area contributed by atoms with Gasteiger partial charge in [-0.05, 0) is 55.8 Å². The van der Waals surface area contributed by atoms with E-state index in [9.17, 15) is 22.5 Å². The third-order valence-electron chi connectivity index (χ3n) is 4.99. The highest BCUT2D eigenvalue weighted by atomic mass is 32.2. The minimum absolute atomic E-state index is 0.135. The number of aliphatic hydroxyl groups is 1. The molecular weight excluding hydrogens is 532 g/mol. The van der Waals surface area contributed by atoms with Crippen LogP contribution >= 0.6 is 0 Å². The number of sulfonamides is 1. The van der Waals surface area contributed by atoms with Gasteiger partial charge in [-0.25, -0.2) is 22.4 Å². The lowest BCUT2D eigenvalue weighted by molar-refractivity contribution is 0.164. The standard InChI is InChI=1S/C24H30N6O6S2/c1-5-36-24(32)30-37(3,33)20-11-9-18(10-12-20)27-23-25-14-21(22(28-23)26-16(2)15-31)17-7-6-8-19(13-17)29-38(4,34)35/h6-14,16,29,31H,5,15H2,1-4H3,(H2,25,26,27,28)/t16-,37?/m1/s1. The van der Waals surface area contributed by atoms with Gasteiger partial charge in [0.15, 0.2) is 0 Å². The summed E-state index contributed by atoms with van der Waals surface area (Å²) < 4.78 is 46.9. The van der Waals surface area contributed by atoms with Gasteiger partial charge in [0, 0.05) is 40.3 Å². The fourth-order valence-electron chi connectivity index (χ4n) is 3.27. The number of nitrogens with one attached hydrogen (secondary N) is 3. The summed E-state index contributed by atoms with van der Waals surface area (Å²) in [5.41, 5.74) is 2.23. The van der Waals surface area contributed by atoms with Crippen molar-refractivity contribution in [3.05, 3.63) is 54.7 Å². The summed E-state index contributed by atoms with van der Waals surface area (Å²) in [6, 6.07) is 12.9. The molecule has 0 aliphatic rings. The van der Waals surface area contributed by atoms with E-state index in [0.717, 1.165) is 6.26 Å². The smallest absolute Gasteiger partial charge is 0.442 e. The summed E-state index contributed by atoms with van der Waals surface area (Å²) in [5.74, 6) is 0.662. The molecule has 0 bridgehead atoms. The molecule has 0 radical (unpaired) electrons. The van der Waals surface area contributed by atoms with E-state index in [0.29, 0.717) is 33.2 Å². The summed E-state index contributed by atoms with van der Waals surface area (Å²) in [6.45, 7) is 3.41. The second-order valence-electron chi connectivity index (χ2n) is 8.38. The molecule has 38 heavy (non-hydrogen) atoms. The molecule has 3 aromatic rings. The minimum atomic E-state index is -3.46. The number of rotatable bonds is 10. The van der Waals surface area contributed by atoms with E-state index in [2.05, 4.69) is 29.7 Å². The average Bonchev–Trinajstić information content (AvgIpc) is 2.83. The lowest BCUT2D eigenvalue weighted by atomic mass is 10.1. The summed E-state index contributed by atoms with van der Waals surface area (Å²) in [5, 5.41) is 15.8. The molecule has 0 saturated heterocycles. The lowest BCUT2D eigenvalue weighted by Gasteiger charge is -2.17. The van der Waals surface area contributed by atoms with E-state index in [1.807, 2.05) is 0 Å². The first-order chi connectivity index (χ1) is 17.9. The Kier molecular flexibility index (Phi) is 9.25. The first kappa shape index (κ1) is 28.8. The predicted molar refractivity (Wildman–Crippen MR) is 148 cm³/mol. The van der Waals surface area contributed by atoms with Gasteiger partial charge in [-0.15, -0.1) is 4.36 Å². The maximum Gasteiger partial charge on any atom is 0.442 e. The van der Waals surface area contributed by atoms with Crippen molar-refractivity contribution in [2.24, 2.45) is 4.36 Å². The van der Waals surface area contributed by atoms with E-state index >= 15 is 0 Å². The number of benzene rings is 2. The monoisotopic (exact) mass is 562 g/mol. The number of carbonyl (C=O) groups is 1. The highest BCUT2D eigenvalue weighted by Gasteiger charge is 2.14. The van der Waals surface area contributed by atoms with Crippen LogP contribution in [0.4, 0.5) is 27.9 Å². The van der Waals surface area contributed by atoms with Gasteiger partial charge in [-0.1, -0.05) is 12.1 Å². The highest BCUT2D eigenvalue weighted by Crippen LogP contribution is 2.30. The number of hydrogen-bond acceptors (Lipinski definition) is 10. The number of ether oxygens (including phenoxy) is 1. The molecule has 4 N–H and O–H groups in total. The second-order valence-corrected chi connectivity index (χ2v) is 12.4. The van der Waals surface area contributed by atoms with Gasteiger partial charge in [0.2, 0.25) is 16.0 Å². The summed E-state index contributed by atoms with van der Waals surface area (Å²) in [7, 11) is -6.44. The van der Waals surface area contributed by atoms with Crippen LogP contribution in [-0.2, 0) is 24.5 Å². The molecule has 3 rings (SSSR count). The first-order valence-corrected chi connectivity index (χ1v) is 15.3. The van der Waals surface area contributed by atoms with Gasteiger partial charge in [0.05, 0.1) is 29.2 Å². The van der Waals surface area contributed by atoms with E-state index in [-0.39, 0.29) is 25.2 Å². The van der Waals surface area contributed by atoms with Gasteiger partial charge >= 0.3 is 6.09 Å². The molecule has 0 aliphatic heterocycles. The molecule has 14 heteroatoms. The highest BCUT2D eigenvalue weighted by molar-refractivity contribution is 7.93. The summed E-state index contributed by atoms with van der Waals surface area (Å²) in [6.07, 6.45) is 3.12. The van der Waals surface area contributed by atoms with Crippen LogP contribution in [0.5, 0.6) is 0 Å². The molecule has 204 valence electrons. The Bertz CT molecular complexity index is 1520. The maximum atomic E-state index is 12.8. The van der Waals surface area contributed by atoms with Gasteiger partial charge in [0.1, 0.15) is 5.82 Å². The fourth-order valence-corrected chi connectivity index (χ4v) is 4.91. The van der Waals surface area contributed by atoms with Gasteiger partial charge < -0.3 is 20.5 Å². The van der Waals surface area contributed by atoms with Crippen LogP contribution in [0.1, 0.15) is 13.8 Å². The van der Waals surface area contributed by atoms with Crippen LogP contribution in [0.2, 0.25) is 0 Å². The van der Waals surface area contributed by atoms with Crippen molar-refractivity contribution in [3.63, 3.8) is 0 Å². The molecule has 12 nitrogen and oxygen atoms in total. The minimum Gasteiger partial charge on any atom is -0.448 e. The molecule has 2 atom stereocenters. The Morgan fingerprint density at radius 1 is 1.11 bits per heavy atom. The van der Waals surface area contributed by atoms with Crippen molar-refractivity contribution >= 4 is 49.0 Å². The fraction of sp³-hybridized carbons (Fsp3) is 0.292. The Hall–Kier alpha value is -3.75. The van der Waals surface area contributed by atoms with Gasteiger partial charge in [-0.3, -0.25) is 4.72 Å². The predicted octanol–water partition coefficient (Wildman–Crippen LogP) is 3.66. The van der Waals surface area contributed by atoms with E-state index < -0.39 is 25.8 Å². The largest absolute Gasteiger partial charge is 0.448 e. The first-order valence-electron chi connectivity index (χ1n) is 11.5. The van der Waals surface area contributed by atoms with Crippen molar-refractivity contribution < 1.29 is 27.3 Å². The van der Waals surface area contributed by atoms with Crippen LogP contribution in [0.15, 0.2) is 64.0 Å². The Morgan fingerprint density at radius 2 is 1.82 bits per heavy atom. The number of aliphatic hydroxyl groups excluding tert-OH is 1. The molecule has 1 amide bonds. The number of hydrogen-bond donors (Lipinski definition) is 4. The van der Waals surface area contributed by atoms with Crippen LogP contribution in [0, 0.1) is 0 Å². The zero-order valence-electron chi connectivity index (χ0n) is 21.3. The third-order valence-corrected chi connectivity index (χ3v) is 7.24. The quantitative estimate of drug-likeness (QED) is 0.286. The molecule has 0 aliphatic carbocycles.